The molecule has 2 saturated heterocycles. The van der Waals surface area contributed by atoms with Crippen molar-refractivity contribution in [2.75, 3.05) is 57.9 Å². The second-order valence-corrected chi connectivity index (χ2v) is 22.1. The Balaban J connectivity index is 1.36. The fraction of sp³-hybridized carbons (Fsp3) is 0.481. The van der Waals surface area contributed by atoms with E-state index < -0.39 is 62.1 Å². The highest BCUT2D eigenvalue weighted by Gasteiger charge is 2.52. The van der Waals surface area contributed by atoms with E-state index >= 15 is 9.59 Å². The van der Waals surface area contributed by atoms with Crippen LogP contribution in [0.2, 0.25) is 0 Å². The zero-order valence-corrected chi connectivity index (χ0v) is 42.8. The van der Waals surface area contributed by atoms with Crippen LogP contribution in [0.15, 0.2) is 113 Å². The number of hydrogen-bond donors (Lipinski definition) is 0. The van der Waals surface area contributed by atoms with Gasteiger partial charge in [-0.05, 0) is 115 Å². The number of likely N-dealkylation sites (N-methyl/N-ethyl adjacent to an activating group) is 1. The third-order valence-electron chi connectivity index (χ3n) is 13.0. The number of esters is 1. The van der Waals surface area contributed by atoms with Crippen LogP contribution < -0.4 is 9.64 Å². The van der Waals surface area contributed by atoms with E-state index in [-0.39, 0.29) is 60.8 Å². The molecule has 1 unspecified atom stereocenters. The highest BCUT2D eigenvalue weighted by atomic mass is 32.2. The Bertz CT molecular complexity index is 2550. The predicted octanol–water partition coefficient (Wildman–Crippen LogP) is 6.47. The molecule has 374 valence electrons. The van der Waals surface area contributed by atoms with E-state index in [0.717, 1.165) is 44.0 Å². The largest absolute Gasteiger partial charge is 0.492 e. The fourth-order valence-electron chi connectivity index (χ4n) is 9.26. The molecule has 0 saturated carbocycles. The van der Waals surface area contributed by atoms with Crippen LogP contribution in [0, 0.1) is 13.8 Å². The van der Waals surface area contributed by atoms with Gasteiger partial charge in [0.05, 0.1) is 36.2 Å². The first-order valence-electron chi connectivity index (χ1n) is 23.9. The molecule has 2 aliphatic heterocycles. The van der Waals surface area contributed by atoms with Gasteiger partial charge in [0.15, 0.2) is 0 Å². The summed E-state index contributed by atoms with van der Waals surface area (Å²) in [6, 6.07) is 25.3. The molecule has 4 aromatic carbocycles. The number of anilines is 1. The van der Waals surface area contributed by atoms with Crippen LogP contribution in [-0.4, -0.2) is 142 Å². The Morgan fingerprint density at radius 2 is 1.28 bits per heavy atom. The lowest BCUT2D eigenvalue weighted by atomic mass is 10.0. The number of sulfonamides is 2. The number of carbonyl (C=O) groups excluding carboxylic acids is 3. The van der Waals surface area contributed by atoms with Crippen molar-refractivity contribution in [1.29, 1.82) is 0 Å². The van der Waals surface area contributed by atoms with Gasteiger partial charge in [-0.1, -0.05) is 65.7 Å². The smallest absolute Gasteiger partial charge is 0.329 e. The highest BCUT2D eigenvalue weighted by Crippen LogP contribution is 2.34. The second-order valence-electron chi connectivity index (χ2n) is 18.3. The number of aryl methyl sites for hydroxylation is 2. The first kappa shape index (κ1) is 53.2. The van der Waals surface area contributed by atoms with E-state index in [4.69, 9.17) is 14.2 Å². The van der Waals surface area contributed by atoms with E-state index in [9.17, 15) is 21.6 Å². The molecule has 6 rings (SSSR count). The molecule has 0 spiro atoms. The number of ether oxygens (including phenoxy) is 3. The van der Waals surface area contributed by atoms with Crippen molar-refractivity contribution >= 4 is 43.5 Å². The van der Waals surface area contributed by atoms with Gasteiger partial charge in [0, 0.05) is 56.8 Å². The molecule has 2 heterocycles. The summed E-state index contributed by atoms with van der Waals surface area (Å²) < 4.78 is 77.8. The van der Waals surface area contributed by atoms with Gasteiger partial charge in [0.2, 0.25) is 31.9 Å². The molecule has 2 amide bonds. The highest BCUT2D eigenvalue weighted by molar-refractivity contribution is 7.89. The van der Waals surface area contributed by atoms with Crippen LogP contribution in [0.1, 0.15) is 70.6 Å². The average Bonchev–Trinajstić information content (AvgIpc) is 4.02. The summed E-state index contributed by atoms with van der Waals surface area (Å²) in [7, 11) is -7.54. The Morgan fingerprint density at radius 3 is 1.83 bits per heavy atom. The number of benzene rings is 4. The van der Waals surface area contributed by atoms with Crippen molar-refractivity contribution in [2.24, 2.45) is 0 Å². The van der Waals surface area contributed by atoms with E-state index in [1.54, 1.807) is 48.5 Å². The number of nitrogens with zero attached hydrogens (tertiary/aromatic N) is 5. The monoisotopic (exact) mass is 987 g/mol. The van der Waals surface area contributed by atoms with Gasteiger partial charge in [-0.25, -0.2) is 21.6 Å². The lowest BCUT2D eigenvalue weighted by molar-refractivity contribution is -0.162. The van der Waals surface area contributed by atoms with Gasteiger partial charge in [-0.3, -0.25) is 19.4 Å². The van der Waals surface area contributed by atoms with Gasteiger partial charge in [0.1, 0.15) is 30.5 Å². The van der Waals surface area contributed by atoms with Crippen LogP contribution in [0.5, 0.6) is 5.75 Å². The third-order valence-corrected chi connectivity index (χ3v) is 16.8. The first-order valence-corrected chi connectivity index (χ1v) is 26.8. The van der Waals surface area contributed by atoms with Gasteiger partial charge in [-0.15, -0.1) is 0 Å². The summed E-state index contributed by atoms with van der Waals surface area (Å²) in [5, 5.41) is 0. The van der Waals surface area contributed by atoms with Crippen molar-refractivity contribution in [3.05, 3.63) is 120 Å². The van der Waals surface area contributed by atoms with Crippen LogP contribution >= 0.6 is 0 Å². The Kier molecular flexibility index (Phi) is 18.2. The molecule has 4 atom stereocenters. The quantitative estimate of drug-likeness (QED) is 0.0625. The lowest BCUT2D eigenvalue weighted by Crippen LogP contribution is -2.60. The lowest BCUT2D eigenvalue weighted by Gasteiger charge is -2.35. The van der Waals surface area contributed by atoms with Gasteiger partial charge < -0.3 is 19.1 Å². The molecular formula is C52H69N5O10S2. The number of carbonyl (C=O) groups is 3. The van der Waals surface area contributed by atoms with E-state index in [1.165, 1.54) is 24.3 Å². The number of hydrogen-bond acceptors (Lipinski definition) is 12. The summed E-state index contributed by atoms with van der Waals surface area (Å²) in [4.78, 5) is 50.3. The maximum Gasteiger partial charge on any atom is 0.329 e. The normalized spacial score (nSPS) is 18.4. The van der Waals surface area contributed by atoms with Crippen LogP contribution in [0.3, 0.4) is 0 Å². The molecule has 69 heavy (non-hydrogen) atoms. The number of methoxy groups -OCH3 is 1. The SMILES string of the molecule is CCN(CCOc1ccc(C[C@@H](C(=O)OC)N(C(=O)[C@@H]2CCCN2S(=O)(=O)c2ccc(C)cc2)C(=O)[C@@H]2CC(OCCN(C(C)C)C(C)C)CN2S(=O)(=O)c2ccc(C)cc2)cc1)c1ccccc1. The summed E-state index contributed by atoms with van der Waals surface area (Å²) in [6.07, 6.45) is -0.767. The predicted molar refractivity (Wildman–Crippen MR) is 266 cm³/mol. The summed E-state index contributed by atoms with van der Waals surface area (Å²) in [6.45, 7) is 16.4. The summed E-state index contributed by atoms with van der Waals surface area (Å²) in [5.41, 5.74) is 3.28. The maximum absolute atomic E-state index is 15.6. The fourth-order valence-corrected chi connectivity index (χ4v) is 12.5. The Labute approximate surface area is 409 Å². The number of rotatable bonds is 22. The molecule has 15 nitrogen and oxygen atoms in total. The van der Waals surface area contributed by atoms with E-state index in [1.807, 2.05) is 44.2 Å². The third kappa shape index (κ3) is 12.8. The van der Waals surface area contributed by atoms with Gasteiger partial charge in [0.25, 0.3) is 0 Å². The van der Waals surface area contributed by atoms with Crippen molar-refractivity contribution in [2.45, 2.75) is 120 Å². The maximum atomic E-state index is 15.6. The zero-order valence-electron chi connectivity index (χ0n) is 41.2. The van der Waals surface area contributed by atoms with Gasteiger partial charge in [-0.2, -0.15) is 8.61 Å². The molecule has 4 aromatic rings. The number of amides is 2. The van der Waals surface area contributed by atoms with Crippen LogP contribution in [0.25, 0.3) is 0 Å². The minimum Gasteiger partial charge on any atom is -0.492 e. The van der Waals surface area contributed by atoms with Crippen molar-refractivity contribution in [1.82, 2.24) is 18.4 Å². The van der Waals surface area contributed by atoms with Crippen molar-refractivity contribution < 1.29 is 45.4 Å². The molecular weight excluding hydrogens is 919 g/mol. The summed E-state index contributed by atoms with van der Waals surface area (Å²) >= 11 is 0. The van der Waals surface area contributed by atoms with Crippen LogP contribution in [0.4, 0.5) is 5.69 Å². The van der Waals surface area contributed by atoms with E-state index in [2.05, 4.69) is 44.4 Å². The second kappa shape index (κ2) is 23.6. The first-order chi connectivity index (χ1) is 32.9. The average molecular weight is 988 g/mol. The minimum atomic E-state index is -4.40. The van der Waals surface area contributed by atoms with Crippen molar-refractivity contribution in [3.8, 4) is 5.75 Å². The standard InChI is InChI=1S/C52H69N5O10S2/c1-9-53(42-14-11-10-12-15-42)30-32-66-43-23-21-41(22-24-43)34-49(52(60)65-8)57(50(58)47-16-13-29-55(47)68(61,62)45-25-17-39(6)18-26-45)51(59)48-35-44(67-33-31-54(37(2)3)38(4)5)36-56(48)69(63,64)46-27-19-40(7)20-28-46/h10-12,14-15,17-28,37-38,44,47-49H,9,13,16,29-36H2,1-8H3/t44?,47-,48-,49-/m0/s1. The molecule has 17 heteroatoms. The van der Waals surface area contributed by atoms with Crippen LogP contribution in [-0.2, 0) is 50.3 Å². The molecule has 0 N–H and O–H groups in total. The molecule has 0 aromatic heterocycles. The van der Waals surface area contributed by atoms with Crippen molar-refractivity contribution in [3.63, 3.8) is 0 Å². The topological polar surface area (TPSA) is 163 Å². The molecule has 2 aliphatic rings. The van der Waals surface area contributed by atoms with E-state index in [0.29, 0.717) is 37.4 Å². The Hall–Kier alpha value is -5.17. The number of imide groups is 1. The summed E-state index contributed by atoms with van der Waals surface area (Å²) in [5.74, 6) is -2.32. The molecule has 0 radical (unpaired) electrons. The molecule has 0 bridgehead atoms. The minimum absolute atomic E-state index is 0.0165. The molecule has 0 aliphatic carbocycles. The van der Waals surface area contributed by atoms with Gasteiger partial charge >= 0.3 is 5.97 Å². The molecule has 2 fully saturated rings. The zero-order chi connectivity index (χ0) is 50.0. The Morgan fingerprint density at radius 1 is 0.710 bits per heavy atom. The number of para-hydroxylation sites is 1.